The number of benzene rings is 1. The van der Waals surface area contributed by atoms with E-state index in [2.05, 4.69) is 12.2 Å². The molecule has 0 bridgehead atoms. The molecule has 3 rings (SSSR count). The number of piperidine rings is 1. The van der Waals surface area contributed by atoms with Crippen LogP contribution in [0, 0.1) is 12.8 Å². The molecule has 1 aliphatic carbocycles. The summed E-state index contributed by atoms with van der Waals surface area (Å²) in [6, 6.07) is 5.85. The van der Waals surface area contributed by atoms with Gasteiger partial charge < -0.3 is 10.2 Å². The fourth-order valence-electron chi connectivity index (χ4n) is 3.53. The molecule has 1 N–H and O–H groups in total. The van der Waals surface area contributed by atoms with Crippen LogP contribution in [0.3, 0.4) is 0 Å². The van der Waals surface area contributed by atoms with E-state index < -0.39 is 0 Å². The lowest BCUT2D eigenvalue weighted by molar-refractivity contribution is -0.112. The van der Waals surface area contributed by atoms with Gasteiger partial charge in [-0.3, -0.25) is 9.59 Å². The average Bonchev–Trinajstić information content (AvgIpc) is 3.41. The standard InChI is InChI=1S/C21H28N2O2/c1-14(17-7-8-17)13-20(24)22-19-10-9-18(12-15(19)2)21(25)23-11-5-4-6-16(23)3/h9-10,12-13,16-17H,4-8,11H2,1-3H3,(H,22,24)/b14-13+. The number of anilines is 1. The first-order valence-corrected chi connectivity index (χ1v) is 9.36. The topological polar surface area (TPSA) is 49.4 Å². The van der Waals surface area contributed by atoms with E-state index in [-0.39, 0.29) is 11.8 Å². The van der Waals surface area contributed by atoms with Crippen molar-refractivity contribution >= 4 is 17.5 Å². The summed E-state index contributed by atoms with van der Waals surface area (Å²) in [6.07, 6.45) is 7.44. The summed E-state index contributed by atoms with van der Waals surface area (Å²) in [7, 11) is 0. The minimum atomic E-state index is -0.0868. The van der Waals surface area contributed by atoms with Crippen LogP contribution in [0.2, 0.25) is 0 Å². The third-order valence-corrected chi connectivity index (χ3v) is 5.38. The summed E-state index contributed by atoms with van der Waals surface area (Å²) in [4.78, 5) is 26.9. The molecule has 2 amide bonds. The van der Waals surface area contributed by atoms with Crippen molar-refractivity contribution in [2.45, 2.75) is 58.9 Å². The van der Waals surface area contributed by atoms with Crippen LogP contribution in [-0.4, -0.2) is 29.3 Å². The Bertz CT molecular complexity index is 704. The first-order valence-electron chi connectivity index (χ1n) is 9.36. The molecule has 1 saturated heterocycles. The van der Waals surface area contributed by atoms with E-state index in [4.69, 9.17) is 0 Å². The van der Waals surface area contributed by atoms with E-state index in [0.717, 1.165) is 36.2 Å². The van der Waals surface area contributed by atoms with Crippen LogP contribution in [-0.2, 0) is 4.79 Å². The molecule has 1 aliphatic heterocycles. The summed E-state index contributed by atoms with van der Waals surface area (Å²) in [5.41, 5.74) is 3.55. The van der Waals surface area contributed by atoms with Crippen molar-refractivity contribution in [2.75, 3.05) is 11.9 Å². The van der Waals surface area contributed by atoms with Gasteiger partial charge in [0.25, 0.3) is 5.91 Å². The van der Waals surface area contributed by atoms with E-state index in [1.54, 1.807) is 6.08 Å². The normalized spacial score (nSPS) is 21.2. The molecule has 1 saturated carbocycles. The highest BCUT2D eigenvalue weighted by molar-refractivity contribution is 6.01. The number of hydrogen-bond acceptors (Lipinski definition) is 2. The Morgan fingerprint density at radius 3 is 2.60 bits per heavy atom. The van der Waals surface area contributed by atoms with Crippen LogP contribution in [0.4, 0.5) is 5.69 Å². The molecule has 2 aliphatic rings. The number of nitrogens with zero attached hydrogens (tertiary/aromatic N) is 1. The zero-order chi connectivity index (χ0) is 18.0. The van der Waals surface area contributed by atoms with Gasteiger partial charge in [0, 0.05) is 29.9 Å². The zero-order valence-corrected chi connectivity index (χ0v) is 15.5. The van der Waals surface area contributed by atoms with Crippen LogP contribution in [0.15, 0.2) is 29.8 Å². The van der Waals surface area contributed by atoms with E-state index in [1.165, 1.54) is 19.3 Å². The third-order valence-electron chi connectivity index (χ3n) is 5.38. The van der Waals surface area contributed by atoms with Crippen LogP contribution >= 0.6 is 0 Å². The van der Waals surface area contributed by atoms with Crippen molar-refractivity contribution in [1.82, 2.24) is 4.90 Å². The molecule has 4 heteroatoms. The summed E-state index contributed by atoms with van der Waals surface area (Å²) in [5.74, 6) is 0.604. The number of rotatable bonds is 4. The van der Waals surface area contributed by atoms with Crippen LogP contribution in [0.5, 0.6) is 0 Å². The summed E-state index contributed by atoms with van der Waals surface area (Å²) in [6.45, 7) is 6.91. The number of carbonyl (C=O) groups is 2. The maximum atomic E-state index is 12.8. The maximum absolute atomic E-state index is 12.8. The number of aryl methyl sites for hydroxylation is 1. The van der Waals surface area contributed by atoms with Crippen molar-refractivity contribution < 1.29 is 9.59 Å². The van der Waals surface area contributed by atoms with Crippen molar-refractivity contribution in [3.8, 4) is 0 Å². The zero-order valence-electron chi connectivity index (χ0n) is 15.5. The largest absolute Gasteiger partial charge is 0.336 e. The second-order valence-corrected chi connectivity index (χ2v) is 7.52. The molecule has 2 fully saturated rings. The smallest absolute Gasteiger partial charge is 0.254 e. The maximum Gasteiger partial charge on any atom is 0.254 e. The Balaban J connectivity index is 1.68. The predicted octanol–water partition coefficient (Wildman–Crippen LogP) is 4.30. The Kier molecular flexibility index (Phi) is 5.26. The lowest BCUT2D eigenvalue weighted by atomic mass is 10.0. The molecule has 1 aromatic rings. The van der Waals surface area contributed by atoms with E-state index in [1.807, 2.05) is 36.9 Å². The predicted molar refractivity (Wildman–Crippen MR) is 101 cm³/mol. The number of hydrogen-bond donors (Lipinski definition) is 1. The van der Waals surface area contributed by atoms with E-state index in [0.29, 0.717) is 17.5 Å². The van der Waals surface area contributed by atoms with Gasteiger partial charge in [0.15, 0.2) is 0 Å². The minimum Gasteiger partial charge on any atom is -0.336 e. The molecule has 1 atom stereocenters. The fourth-order valence-corrected chi connectivity index (χ4v) is 3.53. The lowest BCUT2D eigenvalue weighted by Gasteiger charge is -2.33. The molecule has 0 aromatic heterocycles. The van der Waals surface area contributed by atoms with Gasteiger partial charge in [-0.15, -0.1) is 0 Å². The fraction of sp³-hybridized carbons (Fsp3) is 0.524. The molecular weight excluding hydrogens is 312 g/mol. The van der Waals surface area contributed by atoms with Crippen molar-refractivity contribution in [1.29, 1.82) is 0 Å². The average molecular weight is 340 g/mol. The van der Waals surface area contributed by atoms with Crippen molar-refractivity contribution in [2.24, 2.45) is 5.92 Å². The first-order chi connectivity index (χ1) is 12.0. The van der Waals surface area contributed by atoms with E-state index >= 15 is 0 Å². The molecule has 0 spiro atoms. The second kappa shape index (κ2) is 7.42. The molecule has 4 nitrogen and oxygen atoms in total. The van der Waals surface area contributed by atoms with Gasteiger partial charge in [0.05, 0.1) is 0 Å². The Morgan fingerprint density at radius 2 is 1.96 bits per heavy atom. The highest BCUT2D eigenvalue weighted by atomic mass is 16.2. The molecule has 1 aromatic carbocycles. The van der Waals surface area contributed by atoms with Gasteiger partial charge in [-0.2, -0.15) is 0 Å². The van der Waals surface area contributed by atoms with Gasteiger partial charge in [-0.25, -0.2) is 0 Å². The van der Waals surface area contributed by atoms with Crippen LogP contribution in [0.1, 0.15) is 61.9 Å². The molecule has 1 heterocycles. The summed E-state index contributed by atoms with van der Waals surface area (Å²) >= 11 is 0. The van der Waals surface area contributed by atoms with Crippen molar-refractivity contribution in [3.05, 3.63) is 41.0 Å². The first kappa shape index (κ1) is 17.7. The van der Waals surface area contributed by atoms with Gasteiger partial charge in [0.2, 0.25) is 5.91 Å². The molecular formula is C21H28N2O2. The van der Waals surface area contributed by atoms with Gasteiger partial charge in [0.1, 0.15) is 0 Å². The molecule has 25 heavy (non-hydrogen) atoms. The summed E-state index contributed by atoms with van der Waals surface area (Å²) < 4.78 is 0. The Labute approximate surface area is 150 Å². The number of nitrogens with one attached hydrogen (secondary N) is 1. The lowest BCUT2D eigenvalue weighted by Crippen LogP contribution is -2.42. The van der Waals surface area contributed by atoms with Gasteiger partial charge in [-0.05, 0) is 82.6 Å². The molecule has 134 valence electrons. The SMILES string of the molecule is C/C(=C\C(=O)Nc1ccc(C(=O)N2CCCCC2C)cc1C)C1CC1. The minimum absolute atomic E-state index is 0.0868. The molecule has 1 unspecified atom stereocenters. The van der Waals surface area contributed by atoms with Crippen LogP contribution < -0.4 is 5.32 Å². The Hall–Kier alpha value is -2.10. The van der Waals surface area contributed by atoms with Gasteiger partial charge in [-0.1, -0.05) is 5.57 Å². The highest BCUT2D eigenvalue weighted by Gasteiger charge is 2.25. The van der Waals surface area contributed by atoms with Crippen molar-refractivity contribution in [3.63, 3.8) is 0 Å². The highest BCUT2D eigenvalue weighted by Crippen LogP contribution is 2.36. The molecule has 0 radical (unpaired) electrons. The number of allylic oxidation sites excluding steroid dienone is 1. The number of amides is 2. The van der Waals surface area contributed by atoms with Crippen LogP contribution in [0.25, 0.3) is 0 Å². The van der Waals surface area contributed by atoms with E-state index in [9.17, 15) is 9.59 Å². The monoisotopic (exact) mass is 340 g/mol. The quantitative estimate of drug-likeness (QED) is 0.831. The Morgan fingerprint density at radius 1 is 1.20 bits per heavy atom. The second-order valence-electron chi connectivity index (χ2n) is 7.52. The third kappa shape index (κ3) is 4.30. The summed E-state index contributed by atoms with van der Waals surface area (Å²) in [5, 5.41) is 2.94. The number of likely N-dealkylation sites (tertiary alicyclic amines) is 1. The number of carbonyl (C=O) groups excluding carboxylic acids is 2. The van der Waals surface area contributed by atoms with Gasteiger partial charge >= 0.3 is 0 Å².